The lowest BCUT2D eigenvalue weighted by atomic mass is 9.69. The van der Waals surface area contributed by atoms with Crippen molar-refractivity contribution in [1.82, 2.24) is 4.90 Å². The Hall–Kier alpha value is -0.450. The van der Waals surface area contributed by atoms with Crippen molar-refractivity contribution in [2.45, 2.75) is 50.9 Å². The molecule has 2 aliphatic heterocycles. The van der Waals surface area contributed by atoms with Gasteiger partial charge in [0.25, 0.3) is 0 Å². The molecule has 1 spiro atoms. The molecule has 4 heteroatoms. The molecule has 102 valence electrons. The van der Waals surface area contributed by atoms with Crippen LogP contribution in [0.3, 0.4) is 0 Å². The summed E-state index contributed by atoms with van der Waals surface area (Å²) >= 11 is 0. The van der Waals surface area contributed by atoms with Crippen molar-refractivity contribution in [1.29, 1.82) is 0 Å². The minimum absolute atomic E-state index is 0.00549. The predicted octanol–water partition coefficient (Wildman–Crippen LogP) is 1.81. The molecule has 0 unspecified atom stereocenters. The number of aliphatic hydroxyl groups is 2. The highest BCUT2D eigenvalue weighted by atomic mass is 19.1. The number of hydrogen-bond donors (Lipinski definition) is 2. The van der Waals surface area contributed by atoms with Gasteiger partial charge in [-0.2, -0.15) is 0 Å². The van der Waals surface area contributed by atoms with E-state index in [4.69, 9.17) is 0 Å². The monoisotopic (exact) mass is 255 g/mol. The highest BCUT2D eigenvalue weighted by molar-refractivity contribution is 5.32. The molecule has 2 heterocycles. The summed E-state index contributed by atoms with van der Waals surface area (Å²) in [6.45, 7) is 5.07. The van der Waals surface area contributed by atoms with Gasteiger partial charge in [-0.15, -0.1) is 0 Å². The molecule has 18 heavy (non-hydrogen) atoms. The van der Waals surface area contributed by atoms with E-state index in [2.05, 4.69) is 4.90 Å². The average Bonchev–Trinajstić information content (AvgIpc) is 2.90. The SMILES string of the molecule is CC(C)C(O)(O)[C@]12C/C(=C/F)CN1CCC21CC1. The van der Waals surface area contributed by atoms with E-state index in [0.717, 1.165) is 25.8 Å². The van der Waals surface area contributed by atoms with Gasteiger partial charge in [-0.1, -0.05) is 13.8 Å². The molecule has 3 rings (SSSR count). The maximum absolute atomic E-state index is 12.9. The molecule has 1 atom stereocenters. The summed E-state index contributed by atoms with van der Waals surface area (Å²) in [5.74, 6) is -2.00. The number of fused-ring (bicyclic) bond motifs is 2. The summed E-state index contributed by atoms with van der Waals surface area (Å²) in [6.07, 6.45) is 4.22. The van der Waals surface area contributed by atoms with Crippen LogP contribution in [0.1, 0.15) is 39.5 Å². The van der Waals surface area contributed by atoms with Crippen molar-refractivity contribution in [2.75, 3.05) is 13.1 Å². The Morgan fingerprint density at radius 2 is 2.00 bits per heavy atom. The molecule has 3 aliphatic rings. The Morgan fingerprint density at radius 1 is 1.33 bits per heavy atom. The molecule has 0 aromatic heterocycles. The Labute approximate surface area is 107 Å². The van der Waals surface area contributed by atoms with Crippen LogP contribution in [-0.2, 0) is 0 Å². The first-order chi connectivity index (χ1) is 8.39. The first kappa shape index (κ1) is 12.6. The van der Waals surface area contributed by atoms with E-state index >= 15 is 0 Å². The quantitative estimate of drug-likeness (QED) is 0.740. The van der Waals surface area contributed by atoms with E-state index in [1.54, 1.807) is 0 Å². The first-order valence-electron chi connectivity index (χ1n) is 6.87. The van der Waals surface area contributed by atoms with Gasteiger partial charge in [0.1, 0.15) is 0 Å². The van der Waals surface area contributed by atoms with Gasteiger partial charge in [0.15, 0.2) is 5.79 Å². The van der Waals surface area contributed by atoms with E-state index in [-0.39, 0.29) is 11.3 Å². The van der Waals surface area contributed by atoms with Crippen LogP contribution in [0.15, 0.2) is 11.9 Å². The third kappa shape index (κ3) is 1.24. The normalized spacial score (nSPS) is 36.9. The smallest absolute Gasteiger partial charge is 0.184 e. The zero-order valence-electron chi connectivity index (χ0n) is 11.1. The van der Waals surface area contributed by atoms with Crippen LogP contribution in [0, 0.1) is 11.3 Å². The molecule has 0 radical (unpaired) electrons. The minimum atomic E-state index is -1.75. The first-order valence-corrected chi connectivity index (χ1v) is 6.87. The number of rotatable bonds is 2. The lowest BCUT2D eigenvalue weighted by Gasteiger charge is -2.49. The molecule has 3 fully saturated rings. The van der Waals surface area contributed by atoms with E-state index in [0.29, 0.717) is 24.9 Å². The van der Waals surface area contributed by atoms with Gasteiger partial charge in [-0.25, -0.2) is 4.39 Å². The van der Waals surface area contributed by atoms with Gasteiger partial charge in [0, 0.05) is 12.5 Å². The molecule has 0 bridgehead atoms. The maximum atomic E-state index is 12.9. The van der Waals surface area contributed by atoms with E-state index in [1.807, 2.05) is 13.8 Å². The van der Waals surface area contributed by atoms with Gasteiger partial charge in [0.2, 0.25) is 0 Å². The van der Waals surface area contributed by atoms with E-state index in [1.165, 1.54) is 0 Å². The summed E-state index contributed by atoms with van der Waals surface area (Å²) in [4.78, 5) is 2.12. The molecule has 2 saturated heterocycles. The Balaban J connectivity index is 2.09. The van der Waals surface area contributed by atoms with Crippen molar-refractivity contribution in [2.24, 2.45) is 11.3 Å². The lowest BCUT2D eigenvalue weighted by Crippen LogP contribution is -2.65. The van der Waals surface area contributed by atoms with Crippen LogP contribution in [0.25, 0.3) is 0 Å². The number of halogens is 1. The molecule has 1 saturated carbocycles. The Kier molecular flexibility index (Phi) is 2.48. The van der Waals surface area contributed by atoms with Crippen LogP contribution in [0.4, 0.5) is 4.39 Å². The fraction of sp³-hybridized carbons (Fsp3) is 0.857. The molecule has 3 nitrogen and oxygen atoms in total. The fourth-order valence-electron chi connectivity index (χ4n) is 4.34. The molecular weight excluding hydrogens is 233 g/mol. The topological polar surface area (TPSA) is 43.7 Å². The van der Waals surface area contributed by atoms with Crippen LogP contribution < -0.4 is 0 Å². The Morgan fingerprint density at radius 3 is 2.50 bits per heavy atom. The van der Waals surface area contributed by atoms with Crippen LogP contribution in [-0.4, -0.2) is 39.5 Å². The van der Waals surface area contributed by atoms with Gasteiger partial charge < -0.3 is 10.2 Å². The number of nitrogens with zero attached hydrogens (tertiary/aromatic N) is 1. The van der Waals surface area contributed by atoms with Crippen molar-refractivity contribution >= 4 is 0 Å². The van der Waals surface area contributed by atoms with E-state index in [9.17, 15) is 14.6 Å². The minimum Gasteiger partial charge on any atom is -0.364 e. The van der Waals surface area contributed by atoms with E-state index < -0.39 is 11.3 Å². The summed E-state index contributed by atoms with van der Waals surface area (Å²) in [7, 11) is 0. The third-order valence-electron chi connectivity index (χ3n) is 5.58. The third-order valence-corrected chi connectivity index (χ3v) is 5.58. The summed E-state index contributed by atoms with van der Waals surface area (Å²) < 4.78 is 12.9. The maximum Gasteiger partial charge on any atom is 0.184 e. The molecule has 0 aromatic rings. The van der Waals surface area contributed by atoms with Gasteiger partial charge >= 0.3 is 0 Å². The lowest BCUT2D eigenvalue weighted by molar-refractivity contribution is -0.274. The summed E-state index contributed by atoms with van der Waals surface area (Å²) in [5.41, 5.74) is 0.0477. The predicted molar refractivity (Wildman–Crippen MR) is 66.4 cm³/mol. The Bertz CT molecular complexity index is 401. The van der Waals surface area contributed by atoms with Crippen molar-refractivity contribution in [3.05, 3.63) is 11.9 Å². The van der Waals surface area contributed by atoms with Crippen LogP contribution in [0.2, 0.25) is 0 Å². The largest absolute Gasteiger partial charge is 0.364 e. The van der Waals surface area contributed by atoms with Crippen molar-refractivity contribution in [3.8, 4) is 0 Å². The van der Waals surface area contributed by atoms with Gasteiger partial charge in [-0.05, 0) is 43.2 Å². The second kappa shape index (κ2) is 3.56. The summed E-state index contributed by atoms with van der Waals surface area (Å²) in [6, 6.07) is 0. The fourth-order valence-corrected chi connectivity index (χ4v) is 4.34. The van der Waals surface area contributed by atoms with Gasteiger partial charge in [0.05, 0.1) is 11.9 Å². The van der Waals surface area contributed by atoms with Crippen LogP contribution >= 0.6 is 0 Å². The standard InChI is InChI=1S/C14H22FNO2/c1-10(2)14(17,18)13-7-11(8-15)9-16(13)6-5-12(13)3-4-12/h8,10,17-18H,3-7,9H2,1-2H3/b11-8-/t13-/m1/s1. The zero-order chi connectivity index (χ0) is 13.2. The molecule has 0 amide bonds. The van der Waals surface area contributed by atoms with Gasteiger partial charge in [-0.3, -0.25) is 4.90 Å². The molecular formula is C14H22FNO2. The van der Waals surface area contributed by atoms with Crippen LogP contribution in [0.5, 0.6) is 0 Å². The highest BCUT2D eigenvalue weighted by Crippen LogP contribution is 2.69. The molecule has 2 N–H and O–H groups in total. The molecule has 1 aliphatic carbocycles. The van der Waals surface area contributed by atoms with Crippen molar-refractivity contribution < 1.29 is 14.6 Å². The highest BCUT2D eigenvalue weighted by Gasteiger charge is 2.75. The number of hydrogen-bond acceptors (Lipinski definition) is 3. The second-order valence-corrected chi connectivity index (χ2v) is 6.64. The zero-order valence-corrected chi connectivity index (χ0v) is 11.1. The van der Waals surface area contributed by atoms with Crippen molar-refractivity contribution in [3.63, 3.8) is 0 Å². The average molecular weight is 255 g/mol. The molecule has 0 aromatic carbocycles. The summed E-state index contributed by atoms with van der Waals surface area (Å²) in [5, 5.41) is 21.4. The second-order valence-electron chi connectivity index (χ2n) is 6.64.